The van der Waals surface area contributed by atoms with Crippen molar-refractivity contribution in [3.8, 4) is 11.5 Å². The first kappa shape index (κ1) is 13.0. The minimum atomic E-state index is -0.274. The molecule has 2 aromatic heterocycles. The summed E-state index contributed by atoms with van der Waals surface area (Å²) in [4.78, 5) is 19.0. The van der Waals surface area contributed by atoms with E-state index in [1.165, 1.54) is 11.3 Å². The van der Waals surface area contributed by atoms with Crippen LogP contribution in [0.1, 0.15) is 23.3 Å². The van der Waals surface area contributed by atoms with E-state index in [-0.39, 0.29) is 5.63 Å². The van der Waals surface area contributed by atoms with Gasteiger partial charge in [0.15, 0.2) is 0 Å². The Morgan fingerprint density at radius 2 is 1.90 bits per heavy atom. The number of benzene rings is 1. The number of aryl methyl sites for hydroxylation is 2. The highest BCUT2D eigenvalue weighted by Gasteiger charge is 2.21. The van der Waals surface area contributed by atoms with Crippen molar-refractivity contribution in [3.63, 3.8) is 0 Å². The molecule has 2 heterocycles. The first-order valence-corrected chi connectivity index (χ1v) is 8.13. The molecule has 0 radical (unpaired) electrons. The molecule has 0 atom stereocenters. The molecule has 1 aliphatic rings. The molecule has 0 saturated carbocycles. The SMILES string of the molecule is O=c1oc(-c2ccc(Cl)cc2)nc2sc3c(c12)CCCC3. The van der Waals surface area contributed by atoms with Crippen LogP contribution in [0.5, 0.6) is 0 Å². The number of aromatic nitrogens is 1. The lowest BCUT2D eigenvalue weighted by Gasteiger charge is -2.09. The van der Waals surface area contributed by atoms with Crippen LogP contribution in [0.15, 0.2) is 33.5 Å². The number of thiophene rings is 1. The Balaban J connectivity index is 1.93. The molecular weight excluding hydrogens is 306 g/mol. The van der Waals surface area contributed by atoms with Crippen LogP contribution in [0.4, 0.5) is 0 Å². The second-order valence-electron chi connectivity index (χ2n) is 5.20. The first-order chi connectivity index (χ1) is 10.2. The van der Waals surface area contributed by atoms with E-state index in [4.69, 9.17) is 16.0 Å². The van der Waals surface area contributed by atoms with Crippen molar-refractivity contribution in [2.45, 2.75) is 25.7 Å². The standard InChI is InChI=1S/C16H12ClNO2S/c17-10-7-5-9(6-8-10)14-18-15-13(16(19)20-14)11-3-1-2-4-12(11)21-15/h5-8H,1-4H2. The molecule has 1 aromatic carbocycles. The Labute approximate surface area is 130 Å². The number of halogens is 1. The normalized spacial score (nSPS) is 14.3. The zero-order chi connectivity index (χ0) is 14.4. The van der Waals surface area contributed by atoms with Gasteiger partial charge in [-0.05, 0) is 55.5 Å². The second-order valence-corrected chi connectivity index (χ2v) is 6.72. The summed E-state index contributed by atoms with van der Waals surface area (Å²) in [5.41, 5.74) is 1.65. The summed E-state index contributed by atoms with van der Waals surface area (Å²) in [5, 5.41) is 1.33. The van der Waals surface area contributed by atoms with Crippen LogP contribution in [0.3, 0.4) is 0 Å². The maximum Gasteiger partial charge on any atom is 0.348 e. The van der Waals surface area contributed by atoms with Crippen molar-refractivity contribution in [2.24, 2.45) is 0 Å². The van der Waals surface area contributed by atoms with Gasteiger partial charge in [-0.3, -0.25) is 0 Å². The summed E-state index contributed by atoms with van der Waals surface area (Å²) in [6, 6.07) is 7.16. The molecule has 21 heavy (non-hydrogen) atoms. The average molecular weight is 318 g/mol. The zero-order valence-corrected chi connectivity index (χ0v) is 12.8. The second kappa shape index (κ2) is 4.97. The van der Waals surface area contributed by atoms with Gasteiger partial charge in [-0.2, -0.15) is 0 Å². The van der Waals surface area contributed by atoms with Gasteiger partial charge in [-0.15, -0.1) is 11.3 Å². The lowest BCUT2D eigenvalue weighted by atomic mass is 9.97. The van der Waals surface area contributed by atoms with Gasteiger partial charge in [0.05, 0.1) is 0 Å². The van der Waals surface area contributed by atoms with Crippen molar-refractivity contribution in [3.05, 3.63) is 50.1 Å². The molecule has 0 N–H and O–H groups in total. The summed E-state index contributed by atoms with van der Waals surface area (Å²) in [5.74, 6) is 0.364. The summed E-state index contributed by atoms with van der Waals surface area (Å²) in [6.45, 7) is 0. The van der Waals surface area contributed by atoms with Crippen LogP contribution in [0.2, 0.25) is 5.02 Å². The third-order valence-corrected chi connectivity index (χ3v) is 5.28. The van der Waals surface area contributed by atoms with Crippen LogP contribution in [0.25, 0.3) is 21.7 Å². The van der Waals surface area contributed by atoms with Crippen LogP contribution >= 0.6 is 22.9 Å². The fraction of sp³-hybridized carbons (Fsp3) is 0.250. The van der Waals surface area contributed by atoms with Crippen molar-refractivity contribution >= 4 is 33.2 Å². The first-order valence-electron chi connectivity index (χ1n) is 6.94. The number of rotatable bonds is 1. The molecule has 0 saturated heterocycles. The Hall–Kier alpha value is -1.65. The van der Waals surface area contributed by atoms with Crippen LogP contribution in [0, 0.1) is 0 Å². The van der Waals surface area contributed by atoms with Gasteiger partial charge in [0.1, 0.15) is 10.2 Å². The highest BCUT2D eigenvalue weighted by Crippen LogP contribution is 2.34. The van der Waals surface area contributed by atoms with Crippen molar-refractivity contribution in [2.75, 3.05) is 0 Å². The molecule has 0 spiro atoms. The fourth-order valence-electron chi connectivity index (χ4n) is 2.81. The summed E-state index contributed by atoms with van der Waals surface area (Å²) in [6.07, 6.45) is 4.33. The number of hydrogen-bond acceptors (Lipinski definition) is 4. The third kappa shape index (κ3) is 2.19. The smallest absolute Gasteiger partial charge is 0.348 e. The lowest BCUT2D eigenvalue weighted by molar-refractivity contribution is 0.518. The Morgan fingerprint density at radius 3 is 2.71 bits per heavy atom. The molecule has 1 aliphatic carbocycles. The van der Waals surface area contributed by atoms with Gasteiger partial charge in [-0.1, -0.05) is 11.6 Å². The lowest BCUT2D eigenvalue weighted by Crippen LogP contribution is -2.06. The monoisotopic (exact) mass is 317 g/mol. The van der Waals surface area contributed by atoms with Crippen molar-refractivity contribution < 1.29 is 4.42 Å². The largest absolute Gasteiger partial charge is 0.403 e. The fourth-order valence-corrected chi connectivity index (χ4v) is 4.18. The molecule has 3 aromatic rings. The molecule has 4 rings (SSSR count). The molecule has 0 aliphatic heterocycles. The molecule has 106 valence electrons. The summed E-state index contributed by atoms with van der Waals surface area (Å²) in [7, 11) is 0. The maximum absolute atomic E-state index is 12.3. The molecular formula is C16H12ClNO2S. The number of fused-ring (bicyclic) bond motifs is 3. The van der Waals surface area contributed by atoms with E-state index in [9.17, 15) is 4.79 Å². The Morgan fingerprint density at radius 1 is 1.14 bits per heavy atom. The topological polar surface area (TPSA) is 43.1 Å². The summed E-state index contributed by atoms with van der Waals surface area (Å²) >= 11 is 7.51. The zero-order valence-electron chi connectivity index (χ0n) is 11.2. The Kier molecular flexibility index (Phi) is 3.08. The van der Waals surface area contributed by atoms with E-state index in [1.807, 2.05) is 12.1 Å². The summed E-state index contributed by atoms with van der Waals surface area (Å²) < 4.78 is 5.44. The maximum atomic E-state index is 12.3. The highest BCUT2D eigenvalue weighted by atomic mass is 35.5. The minimum Gasteiger partial charge on any atom is -0.403 e. The third-order valence-electron chi connectivity index (χ3n) is 3.84. The van der Waals surface area contributed by atoms with Gasteiger partial charge in [0.25, 0.3) is 0 Å². The predicted octanol–water partition coefficient (Wildman–Crippen LogP) is 4.45. The quantitative estimate of drug-likeness (QED) is 0.666. The van der Waals surface area contributed by atoms with Gasteiger partial charge >= 0.3 is 5.63 Å². The van der Waals surface area contributed by atoms with Crippen molar-refractivity contribution in [1.82, 2.24) is 4.98 Å². The van der Waals surface area contributed by atoms with E-state index in [2.05, 4.69) is 4.98 Å². The van der Waals surface area contributed by atoms with Crippen LogP contribution in [-0.2, 0) is 12.8 Å². The van der Waals surface area contributed by atoms with Crippen LogP contribution < -0.4 is 5.63 Å². The number of hydrogen-bond donors (Lipinski definition) is 0. The average Bonchev–Trinajstić information content (AvgIpc) is 2.86. The van der Waals surface area contributed by atoms with E-state index in [0.717, 1.165) is 35.2 Å². The Bertz CT molecular complexity index is 880. The van der Waals surface area contributed by atoms with Gasteiger partial charge in [0, 0.05) is 15.5 Å². The van der Waals surface area contributed by atoms with E-state index in [0.29, 0.717) is 16.3 Å². The molecule has 5 heteroatoms. The van der Waals surface area contributed by atoms with Crippen LogP contribution in [-0.4, -0.2) is 4.98 Å². The number of nitrogens with zero attached hydrogens (tertiary/aromatic N) is 1. The van der Waals surface area contributed by atoms with Gasteiger partial charge in [-0.25, -0.2) is 9.78 Å². The molecule has 3 nitrogen and oxygen atoms in total. The van der Waals surface area contributed by atoms with Crippen molar-refractivity contribution in [1.29, 1.82) is 0 Å². The molecule has 0 amide bonds. The molecule has 0 fully saturated rings. The molecule has 0 bridgehead atoms. The van der Waals surface area contributed by atoms with Gasteiger partial charge < -0.3 is 4.42 Å². The van der Waals surface area contributed by atoms with Gasteiger partial charge in [0.2, 0.25) is 5.89 Å². The minimum absolute atomic E-state index is 0.274. The predicted molar refractivity (Wildman–Crippen MR) is 85.2 cm³/mol. The van der Waals surface area contributed by atoms with E-state index >= 15 is 0 Å². The van der Waals surface area contributed by atoms with E-state index in [1.54, 1.807) is 23.5 Å². The molecule has 0 unspecified atom stereocenters. The highest BCUT2D eigenvalue weighted by molar-refractivity contribution is 7.18. The van der Waals surface area contributed by atoms with E-state index < -0.39 is 0 Å².